The highest BCUT2D eigenvalue weighted by Crippen LogP contribution is 2.42. The maximum absolute atomic E-state index is 13.6. The molecule has 1 aliphatic heterocycles. The fraction of sp³-hybridized carbons (Fsp3) is 0.571. The predicted octanol–water partition coefficient (Wildman–Crippen LogP) is 2.21. The molecular formula is C14H19F3N2O2. The molecule has 7 heteroatoms. The lowest BCUT2D eigenvalue weighted by Crippen LogP contribution is -2.49. The third-order valence-electron chi connectivity index (χ3n) is 3.56. The van der Waals surface area contributed by atoms with Gasteiger partial charge in [-0.15, -0.1) is 0 Å². The molecule has 1 atom stereocenters. The lowest BCUT2D eigenvalue weighted by molar-refractivity contribution is -0.188. The quantitative estimate of drug-likeness (QED) is 0.925. The summed E-state index contributed by atoms with van der Waals surface area (Å²) in [7, 11) is 2.80. The fourth-order valence-corrected chi connectivity index (χ4v) is 2.57. The minimum absolute atomic E-state index is 0.0891. The molecule has 1 heterocycles. The van der Waals surface area contributed by atoms with Crippen LogP contribution in [0.5, 0.6) is 11.5 Å². The van der Waals surface area contributed by atoms with Gasteiger partial charge >= 0.3 is 6.18 Å². The highest BCUT2D eigenvalue weighted by molar-refractivity contribution is 5.43. The van der Waals surface area contributed by atoms with E-state index in [2.05, 4.69) is 5.32 Å². The molecule has 1 aliphatic rings. The summed E-state index contributed by atoms with van der Waals surface area (Å²) >= 11 is 0. The van der Waals surface area contributed by atoms with Gasteiger partial charge in [0, 0.05) is 31.7 Å². The molecule has 4 nitrogen and oxygen atoms in total. The molecule has 0 saturated carbocycles. The van der Waals surface area contributed by atoms with Gasteiger partial charge < -0.3 is 14.8 Å². The zero-order chi connectivity index (χ0) is 15.5. The Morgan fingerprint density at radius 2 is 1.81 bits per heavy atom. The van der Waals surface area contributed by atoms with Crippen molar-refractivity contribution in [2.24, 2.45) is 0 Å². The highest BCUT2D eigenvalue weighted by atomic mass is 19.4. The molecule has 118 valence electrons. The van der Waals surface area contributed by atoms with E-state index in [-0.39, 0.29) is 11.3 Å². The van der Waals surface area contributed by atoms with Crippen LogP contribution in [0.2, 0.25) is 0 Å². The molecule has 2 rings (SSSR count). The Kier molecular flexibility index (Phi) is 4.95. The summed E-state index contributed by atoms with van der Waals surface area (Å²) in [5.74, 6) is 0.604. The monoisotopic (exact) mass is 304 g/mol. The molecule has 0 spiro atoms. The van der Waals surface area contributed by atoms with Crippen LogP contribution >= 0.6 is 0 Å². The molecule has 1 aromatic carbocycles. The highest BCUT2D eigenvalue weighted by Gasteiger charge is 2.46. The van der Waals surface area contributed by atoms with Crippen LogP contribution in [0.3, 0.4) is 0 Å². The summed E-state index contributed by atoms with van der Waals surface area (Å²) in [5, 5.41) is 3.06. The van der Waals surface area contributed by atoms with Crippen LogP contribution in [0.15, 0.2) is 18.2 Å². The molecular weight excluding hydrogens is 285 g/mol. The van der Waals surface area contributed by atoms with E-state index < -0.39 is 12.2 Å². The molecule has 1 fully saturated rings. The third kappa shape index (κ3) is 3.59. The van der Waals surface area contributed by atoms with Crippen LogP contribution in [0.4, 0.5) is 13.2 Å². The molecule has 0 unspecified atom stereocenters. The van der Waals surface area contributed by atoms with Gasteiger partial charge in [-0.25, -0.2) is 0 Å². The second-order valence-electron chi connectivity index (χ2n) is 4.84. The number of piperazine rings is 1. The van der Waals surface area contributed by atoms with Crippen LogP contribution in [0, 0.1) is 0 Å². The molecule has 1 saturated heterocycles. The van der Waals surface area contributed by atoms with E-state index in [0.29, 0.717) is 31.9 Å². The lowest BCUT2D eigenvalue weighted by atomic mass is 10.0. The topological polar surface area (TPSA) is 33.7 Å². The van der Waals surface area contributed by atoms with E-state index in [1.807, 2.05) is 0 Å². The summed E-state index contributed by atoms with van der Waals surface area (Å²) in [6, 6.07) is 2.81. The minimum atomic E-state index is -4.38. The summed E-state index contributed by atoms with van der Waals surface area (Å²) in [4.78, 5) is 1.42. The van der Waals surface area contributed by atoms with Crippen molar-refractivity contribution in [1.82, 2.24) is 10.2 Å². The van der Waals surface area contributed by atoms with E-state index in [1.165, 1.54) is 31.3 Å². The van der Waals surface area contributed by atoms with E-state index in [1.54, 1.807) is 6.07 Å². The fourth-order valence-electron chi connectivity index (χ4n) is 2.57. The summed E-state index contributed by atoms with van der Waals surface area (Å²) in [6.45, 7) is 1.76. The average Bonchev–Trinajstić information content (AvgIpc) is 2.47. The Hall–Kier alpha value is -1.47. The molecule has 0 aromatic heterocycles. The molecule has 0 amide bonds. The van der Waals surface area contributed by atoms with Crippen molar-refractivity contribution in [2.45, 2.75) is 12.2 Å². The van der Waals surface area contributed by atoms with E-state index in [9.17, 15) is 13.2 Å². The smallest absolute Gasteiger partial charge is 0.408 e. The normalized spacial score (nSPS) is 18.3. The molecule has 0 bridgehead atoms. The average molecular weight is 304 g/mol. The van der Waals surface area contributed by atoms with Crippen molar-refractivity contribution in [3.8, 4) is 11.5 Å². The van der Waals surface area contributed by atoms with Gasteiger partial charge in [-0.1, -0.05) is 0 Å². The Labute approximate surface area is 121 Å². The third-order valence-corrected chi connectivity index (χ3v) is 3.56. The molecule has 1 aromatic rings. The number of halogens is 3. The summed E-state index contributed by atoms with van der Waals surface area (Å²) in [5.41, 5.74) is 0.0891. The first kappa shape index (κ1) is 15.9. The van der Waals surface area contributed by atoms with Crippen molar-refractivity contribution in [1.29, 1.82) is 0 Å². The second-order valence-corrected chi connectivity index (χ2v) is 4.84. The van der Waals surface area contributed by atoms with E-state index >= 15 is 0 Å². The number of benzene rings is 1. The van der Waals surface area contributed by atoms with Gasteiger partial charge in [-0.3, -0.25) is 4.90 Å². The van der Waals surface area contributed by atoms with Crippen molar-refractivity contribution >= 4 is 0 Å². The van der Waals surface area contributed by atoms with Crippen LogP contribution in [-0.2, 0) is 0 Å². The zero-order valence-corrected chi connectivity index (χ0v) is 12.0. The molecule has 1 N–H and O–H groups in total. The Bertz CT molecular complexity index is 474. The molecule has 0 radical (unpaired) electrons. The zero-order valence-electron chi connectivity index (χ0n) is 12.0. The van der Waals surface area contributed by atoms with Crippen LogP contribution in [0.25, 0.3) is 0 Å². The largest absolute Gasteiger partial charge is 0.497 e. The molecule has 0 aliphatic carbocycles. The number of nitrogens with zero attached hydrogens (tertiary/aromatic N) is 1. The summed E-state index contributed by atoms with van der Waals surface area (Å²) in [6.07, 6.45) is -4.38. The number of alkyl halides is 3. The van der Waals surface area contributed by atoms with Gasteiger partial charge in [0.05, 0.1) is 14.2 Å². The van der Waals surface area contributed by atoms with Crippen LogP contribution < -0.4 is 14.8 Å². The number of hydrogen-bond acceptors (Lipinski definition) is 4. The number of hydrogen-bond donors (Lipinski definition) is 1. The van der Waals surface area contributed by atoms with Crippen molar-refractivity contribution in [3.05, 3.63) is 23.8 Å². The van der Waals surface area contributed by atoms with Crippen molar-refractivity contribution < 1.29 is 22.6 Å². The number of ether oxygens (including phenoxy) is 2. The first-order valence-corrected chi connectivity index (χ1v) is 6.70. The SMILES string of the molecule is COc1ccc(OC)c([C@H](N2CCNCC2)C(F)(F)F)c1. The standard InChI is InChI=1S/C14H19F3N2O2/c1-20-10-3-4-12(21-2)11(9-10)13(14(15,16)17)19-7-5-18-6-8-19/h3-4,9,13,18H,5-8H2,1-2H3/t13-/m0/s1. The van der Waals surface area contributed by atoms with Crippen molar-refractivity contribution in [3.63, 3.8) is 0 Å². The predicted molar refractivity (Wildman–Crippen MR) is 72.8 cm³/mol. The first-order chi connectivity index (χ1) is 9.97. The Balaban J connectivity index is 2.44. The Morgan fingerprint density at radius 1 is 1.14 bits per heavy atom. The minimum Gasteiger partial charge on any atom is -0.497 e. The maximum Gasteiger partial charge on any atom is 0.408 e. The number of methoxy groups -OCH3 is 2. The lowest BCUT2D eigenvalue weighted by Gasteiger charge is -2.36. The van der Waals surface area contributed by atoms with Gasteiger partial charge in [-0.2, -0.15) is 13.2 Å². The van der Waals surface area contributed by atoms with Gasteiger partial charge in [0.2, 0.25) is 0 Å². The summed E-state index contributed by atoms with van der Waals surface area (Å²) < 4.78 is 50.9. The van der Waals surface area contributed by atoms with E-state index in [0.717, 1.165) is 0 Å². The van der Waals surface area contributed by atoms with Crippen molar-refractivity contribution in [2.75, 3.05) is 40.4 Å². The number of rotatable bonds is 4. The Morgan fingerprint density at radius 3 is 2.33 bits per heavy atom. The number of nitrogens with one attached hydrogen (secondary N) is 1. The second kappa shape index (κ2) is 6.53. The van der Waals surface area contributed by atoms with Crippen LogP contribution in [0.1, 0.15) is 11.6 Å². The maximum atomic E-state index is 13.6. The van der Waals surface area contributed by atoms with Crippen LogP contribution in [-0.4, -0.2) is 51.5 Å². The van der Waals surface area contributed by atoms with E-state index in [4.69, 9.17) is 9.47 Å². The van der Waals surface area contributed by atoms with Gasteiger partial charge in [-0.05, 0) is 18.2 Å². The molecule has 21 heavy (non-hydrogen) atoms. The van der Waals surface area contributed by atoms with Gasteiger partial charge in [0.25, 0.3) is 0 Å². The first-order valence-electron chi connectivity index (χ1n) is 6.70. The van der Waals surface area contributed by atoms with Gasteiger partial charge in [0.1, 0.15) is 17.5 Å². The van der Waals surface area contributed by atoms with Gasteiger partial charge in [0.15, 0.2) is 0 Å².